The first-order valence-electron chi connectivity index (χ1n) is 7.97. The molecule has 1 unspecified atom stereocenters. The summed E-state index contributed by atoms with van der Waals surface area (Å²) in [5, 5.41) is 19.3. The third-order valence-corrected chi connectivity index (χ3v) is 4.10. The number of hydrogen-bond acceptors (Lipinski definition) is 3. The van der Waals surface area contributed by atoms with Crippen molar-refractivity contribution in [1.82, 2.24) is 15.1 Å². The summed E-state index contributed by atoms with van der Waals surface area (Å²) < 4.78 is 1.75. The molecule has 6 heteroatoms. The van der Waals surface area contributed by atoms with Crippen LogP contribution < -0.4 is 10.6 Å². The first-order valence-corrected chi connectivity index (χ1v) is 7.97. The fourth-order valence-electron chi connectivity index (χ4n) is 2.67. The van der Waals surface area contributed by atoms with Crippen molar-refractivity contribution in [1.29, 1.82) is 0 Å². The Morgan fingerprint density at radius 3 is 2.78 bits per heavy atom. The van der Waals surface area contributed by atoms with Gasteiger partial charge in [0.15, 0.2) is 5.82 Å². The highest BCUT2D eigenvalue weighted by Crippen LogP contribution is 2.33. The van der Waals surface area contributed by atoms with E-state index in [4.69, 9.17) is 5.11 Å². The molecule has 23 heavy (non-hydrogen) atoms. The highest BCUT2D eigenvalue weighted by Gasteiger charge is 2.31. The van der Waals surface area contributed by atoms with Crippen LogP contribution in [-0.2, 0) is 0 Å². The number of aryl methyl sites for hydroxylation is 1. The molecule has 3 N–H and O–H groups in total. The van der Waals surface area contributed by atoms with Gasteiger partial charge in [0, 0.05) is 24.4 Å². The first-order chi connectivity index (χ1) is 11.2. The summed E-state index contributed by atoms with van der Waals surface area (Å²) in [5.41, 5.74) is 1.84. The number of para-hydroxylation sites is 1. The molecule has 2 amide bonds. The van der Waals surface area contributed by atoms with Crippen molar-refractivity contribution >= 4 is 11.8 Å². The fourth-order valence-corrected chi connectivity index (χ4v) is 2.67. The number of aliphatic hydroxyl groups excluding tert-OH is 1. The van der Waals surface area contributed by atoms with Crippen molar-refractivity contribution in [3.05, 3.63) is 42.1 Å². The molecule has 1 heterocycles. The summed E-state index contributed by atoms with van der Waals surface area (Å²) >= 11 is 0. The zero-order valence-electron chi connectivity index (χ0n) is 13.2. The van der Waals surface area contributed by atoms with Crippen molar-refractivity contribution in [2.45, 2.75) is 32.2 Å². The van der Waals surface area contributed by atoms with Crippen LogP contribution in [0.5, 0.6) is 0 Å². The summed E-state index contributed by atoms with van der Waals surface area (Å²) in [4.78, 5) is 12.2. The Labute approximate surface area is 135 Å². The lowest BCUT2D eigenvalue weighted by Gasteiger charge is -2.17. The highest BCUT2D eigenvalue weighted by molar-refractivity contribution is 5.89. The van der Waals surface area contributed by atoms with Gasteiger partial charge < -0.3 is 10.4 Å². The molecule has 122 valence electrons. The molecule has 1 fully saturated rings. The van der Waals surface area contributed by atoms with Crippen molar-refractivity contribution in [3.63, 3.8) is 0 Å². The number of aliphatic hydroxyl groups is 1. The molecule has 0 radical (unpaired) electrons. The molecular weight excluding hydrogens is 292 g/mol. The van der Waals surface area contributed by atoms with E-state index in [-0.39, 0.29) is 18.7 Å². The minimum atomic E-state index is -0.267. The predicted molar refractivity (Wildman–Crippen MR) is 88.7 cm³/mol. The van der Waals surface area contributed by atoms with Gasteiger partial charge in [-0.05, 0) is 44.2 Å². The number of aromatic nitrogens is 2. The molecule has 1 atom stereocenters. The normalized spacial score (nSPS) is 15.2. The highest BCUT2D eigenvalue weighted by atomic mass is 16.3. The second kappa shape index (κ2) is 6.83. The Hall–Kier alpha value is -2.34. The van der Waals surface area contributed by atoms with Gasteiger partial charge in [-0.1, -0.05) is 18.2 Å². The van der Waals surface area contributed by atoms with Gasteiger partial charge in [-0.25, -0.2) is 9.48 Å². The number of urea groups is 1. The molecule has 6 nitrogen and oxygen atoms in total. The maximum atomic E-state index is 12.2. The number of benzene rings is 1. The number of amides is 2. The third kappa shape index (κ3) is 3.90. The summed E-state index contributed by atoms with van der Waals surface area (Å²) in [6, 6.07) is 9.53. The molecule has 3 rings (SSSR count). The molecule has 1 aromatic carbocycles. The largest absolute Gasteiger partial charge is 0.396 e. The fraction of sp³-hybridized carbons (Fsp3) is 0.412. The zero-order chi connectivity index (χ0) is 16.2. The molecule has 1 aliphatic carbocycles. The number of carbonyl (C=O) groups excluding carboxylic acids is 1. The van der Waals surface area contributed by atoms with Crippen molar-refractivity contribution in [3.8, 4) is 5.69 Å². The standard InChI is InChI=1S/C17H22N4O2/c1-12-11-21(14-5-3-2-4-6-14)20-16(12)19-17(23)18-15(9-10-22)13-7-8-13/h2-6,11,13,15,22H,7-10H2,1H3,(H2,18,19,20,23). The Morgan fingerprint density at radius 1 is 1.39 bits per heavy atom. The maximum absolute atomic E-state index is 12.2. The average Bonchev–Trinajstić information content (AvgIpc) is 3.33. The van der Waals surface area contributed by atoms with Crippen molar-refractivity contribution < 1.29 is 9.90 Å². The second-order valence-corrected chi connectivity index (χ2v) is 6.00. The molecule has 2 aromatic rings. The quantitative estimate of drug-likeness (QED) is 0.766. The van der Waals surface area contributed by atoms with Crippen LogP contribution in [0.2, 0.25) is 0 Å². The smallest absolute Gasteiger partial charge is 0.320 e. The summed E-state index contributed by atoms with van der Waals surface area (Å²) in [5.74, 6) is 1.04. The number of rotatable bonds is 6. The summed E-state index contributed by atoms with van der Waals surface area (Å²) in [6.45, 7) is 2.00. The van der Waals surface area contributed by atoms with Gasteiger partial charge in [0.2, 0.25) is 0 Å². The van der Waals surface area contributed by atoms with E-state index >= 15 is 0 Å². The number of nitrogens with zero attached hydrogens (tertiary/aromatic N) is 2. The van der Waals surface area contributed by atoms with Gasteiger partial charge in [-0.3, -0.25) is 5.32 Å². The summed E-state index contributed by atoms with van der Waals surface area (Å²) in [7, 11) is 0. The number of nitrogens with one attached hydrogen (secondary N) is 2. The van der Waals surface area contributed by atoms with Gasteiger partial charge >= 0.3 is 6.03 Å². The van der Waals surface area contributed by atoms with E-state index in [0.717, 1.165) is 24.1 Å². The van der Waals surface area contributed by atoms with Gasteiger partial charge in [0.1, 0.15) is 0 Å². The Kier molecular flexibility index (Phi) is 4.62. The second-order valence-electron chi connectivity index (χ2n) is 6.00. The van der Waals surface area contributed by atoms with E-state index in [0.29, 0.717) is 18.2 Å². The molecule has 0 aliphatic heterocycles. The predicted octanol–water partition coefficient (Wildman–Crippen LogP) is 2.46. The monoisotopic (exact) mass is 314 g/mol. The molecular formula is C17H22N4O2. The van der Waals surface area contributed by atoms with Crippen LogP contribution in [0.15, 0.2) is 36.5 Å². The number of anilines is 1. The van der Waals surface area contributed by atoms with Crippen molar-refractivity contribution in [2.75, 3.05) is 11.9 Å². The van der Waals surface area contributed by atoms with E-state index in [1.165, 1.54) is 0 Å². The molecule has 1 aliphatic rings. The van der Waals surface area contributed by atoms with E-state index in [9.17, 15) is 4.79 Å². The number of hydrogen-bond donors (Lipinski definition) is 3. The molecule has 0 spiro atoms. The third-order valence-electron chi connectivity index (χ3n) is 4.10. The van der Waals surface area contributed by atoms with Crippen LogP contribution in [0.4, 0.5) is 10.6 Å². The summed E-state index contributed by atoms with van der Waals surface area (Å²) in [6.07, 6.45) is 4.71. The molecule has 1 aromatic heterocycles. The topological polar surface area (TPSA) is 79.2 Å². The van der Waals surface area contributed by atoms with E-state index < -0.39 is 0 Å². The van der Waals surface area contributed by atoms with Gasteiger partial charge in [-0.15, -0.1) is 5.10 Å². The van der Waals surface area contributed by atoms with Crippen LogP contribution in [0, 0.1) is 12.8 Å². The SMILES string of the molecule is Cc1cn(-c2ccccc2)nc1NC(=O)NC(CCO)C1CC1. The van der Waals surface area contributed by atoms with Crippen LogP contribution >= 0.6 is 0 Å². The van der Waals surface area contributed by atoms with Crippen LogP contribution in [0.25, 0.3) is 5.69 Å². The van der Waals surface area contributed by atoms with Gasteiger partial charge in [0.25, 0.3) is 0 Å². The van der Waals surface area contributed by atoms with Gasteiger partial charge in [-0.2, -0.15) is 0 Å². The Morgan fingerprint density at radius 2 is 2.13 bits per heavy atom. The zero-order valence-corrected chi connectivity index (χ0v) is 13.2. The first kappa shape index (κ1) is 15.6. The van der Waals surface area contributed by atoms with E-state index in [1.54, 1.807) is 4.68 Å². The van der Waals surface area contributed by atoms with Crippen molar-refractivity contribution in [2.24, 2.45) is 5.92 Å². The minimum absolute atomic E-state index is 0.0384. The maximum Gasteiger partial charge on any atom is 0.320 e. The lowest BCUT2D eigenvalue weighted by molar-refractivity contribution is 0.234. The number of carbonyl (C=O) groups is 1. The lowest BCUT2D eigenvalue weighted by Crippen LogP contribution is -2.40. The van der Waals surface area contributed by atoms with Crippen LogP contribution in [-0.4, -0.2) is 33.6 Å². The van der Waals surface area contributed by atoms with Crippen LogP contribution in [0.3, 0.4) is 0 Å². The average molecular weight is 314 g/mol. The molecule has 0 bridgehead atoms. The molecule has 0 saturated heterocycles. The van der Waals surface area contributed by atoms with Gasteiger partial charge in [0.05, 0.1) is 5.69 Å². The Balaban J connectivity index is 1.65. The minimum Gasteiger partial charge on any atom is -0.396 e. The Bertz CT molecular complexity index is 664. The van der Waals surface area contributed by atoms with E-state index in [1.807, 2.05) is 43.5 Å². The van der Waals surface area contributed by atoms with Crippen LogP contribution in [0.1, 0.15) is 24.8 Å². The van der Waals surface area contributed by atoms with E-state index in [2.05, 4.69) is 15.7 Å². The molecule has 1 saturated carbocycles. The lowest BCUT2D eigenvalue weighted by atomic mass is 10.1.